The van der Waals surface area contributed by atoms with Crippen LogP contribution in [0, 0.1) is 6.92 Å². The summed E-state index contributed by atoms with van der Waals surface area (Å²) in [6, 6.07) is 4.13. The number of alkyl halides is 3. The number of carbonyl (C=O) groups is 1. The third-order valence-corrected chi connectivity index (χ3v) is 3.93. The average Bonchev–Trinajstić information content (AvgIpc) is 2.91. The van der Waals surface area contributed by atoms with Crippen molar-refractivity contribution >= 4 is 17.4 Å². The summed E-state index contributed by atoms with van der Waals surface area (Å²) in [5, 5.41) is 8.00. The van der Waals surface area contributed by atoms with E-state index in [-0.39, 0.29) is 12.6 Å². The molecule has 1 atom stereocenters. The van der Waals surface area contributed by atoms with E-state index in [0.717, 1.165) is 22.8 Å². The number of benzene rings is 1. The quantitative estimate of drug-likeness (QED) is 0.881. The first kappa shape index (κ1) is 17.3. The number of nitrogens with one attached hydrogen (secondary N) is 2. The summed E-state index contributed by atoms with van der Waals surface area (Å²) in [7, 11) is 0. The van der Waals surface area contributed by atoms with Crippen molar-refractivity contribution in [3.8, 4) is 0 Å². The molecule has 0 saturated heterocycles. The number of rotatable bonds is 4. The molecule has 1 heterocycles. The summed E-state index contributed by atoms with van der Waals surface area (Å²) in [5.74, 6) is 0. The highest BCUT2D eigenvalue weighted by molar-refractivity contribution is 7.09. The van der Waals surface area contributed by atoms with Crippen molar-refractivity contribution in [2.45, 2.75) is 32.6 Å². The van der Waals surface area contributed by atoms with Crippen molar-refractivity contribution in [1.82, 2.24) is 15.6 Å². The lowest BCUT2D eigenvalue weighted by atomic mass is 10.1. The molecule has 8 heteroatoms. The number of nitrogens with zero attached hydrogens (tertiary/aromatic N) is 1. The van der Waals surface area contributed by atoms with E-state index in [1.807, 2.05) is 12.3 Å². The number of carbonyl (C=O) groups excluding carboxylic acids is 1. The Balaban J connectivity index is 1.89. The van der Waals surface area contributed by atoms with Crippen LogP contribution in [0.3, 0.4) is 0 Å². The van der Waals surface area contributed by atoms with Gasteiger partial charge in [-0.3, -0.25) is 0 Å². The molecule has 2 aromatic rings. The fraction of sp³-hybridized carbons (Fsp3) is 0.333. The Kier molecular flexibility index (Phi) is 5.25. The Morgan fingerprint density at radius 2 is 2.13 bits per heavy atom. The number of hydrogen-bond acceptors (Lipinski definition) is 3. The highest BCUT2D eigenvalue weighted by Gasteiger charge is 2.30. The molecule has 0 saturated carbocycles. The molecule has 1 aromatic heterocycles. The lowest BCUT2D eigenvalue weighted by Crippen LogP contribution is -2.36. The number of aryl methyl sites for hydroxylation is 1. The van der Waals surface area contributed by atoms with Crippen molar-refractivity contribution < 1.29 is 18.0 Å². The minimum Gasteiger partial charge on any atom is -0.334 e. The van der Waals surface area contributed by atoms with Gasteiger partial charge in [0.05, 0.1) is 22.3 Å². The first-order valence-corrected chi connectivity index (χ1v) is 7.76. The molecular weight excluding hydrogens is 327 g/mol. The largest absolute Gasteiger partial charge is 0.416 e. The Morgan fingerprint density at radius 3 is 2.74 bits per heavy atom. The van der Waals surface area contributed by atoms with E-state index in [4.69, 9.17) is 0 Å². The molecule has 0 aliphatic rings. The molecule has 0 aliphatic heterocycles. The predicted molar refractivity (Wildman–Crippen MR) is 82.1 cm³/mol. The molecule has 0 bridgehead atoms. The molecule has 0 unspecified atom stereocenters. The molecule has 0 spiro atoms. The molecule has 124 valence electrons. The van der Waals surface area contributed by atoms with Crippen LogP contribution < -0.4 is 10.6 Å². The summed E-state index contributed by atoms with van der Waals surface area (Å²) >= 11 is 1.48. The Bertz CT molecular complexity index is 685. The maximum absolute atomic E-state index is 12.6. The minimum absolute atomic E-state index is 0.0125. The van der Waals surface area contributed by atoms with Gasteiger partial charge < -0.3 is 10.6 Å². The lowest BCUT2D eigenvalue weighted by molar-refractivity contribution is -0.137. The average molecular weight is 343 g/mol. The highest BCUT2D eigenvalue weighted by Crippen LogP contribution is 2.29. The molecule has 0 aliphatic carbocycles. The van der Waals surface area contributed by atoms with Gasteiger partial charge in [-0.05, 0) is 31.5 Å². The van der Waals surface area contributed by atoms with Gasteiger partial charge >= 0.3 is 12.2 Å². The SMILES string of the molecule is Cc1nc([C@@H](C)NC(=O)NCc2cccc(C(F)(F)F)c2)cs1. The standard InChI is InChI=1S/C15H16F3N3OS/c1-9(13-8-23-10(2)21-13)20-14(22)19-7-11-4-3-5-12(6-11)15(16,17)18/h3-6,8-9H,7H2,1-2H3,(H2,19,20,22)/t9-/m1/s1. The first-order chi connectivity index (χ1) is 10.8. The minimum atomic E-state index is -4.39. The molecule has 0 fully saturated rings. The van der Waals surface area contributed by atoms with Crippen LogP contribution in [0.15, 0.2) is 29.6 Å². The lowest BCUT2D eigenvalue weighted by Gasteiger charge is -2.13. The summed E-state index contributed by atoms with van der Waals surface area (Å²) in [6.45, 7) is 3.67. The van der Waals surface area contributed by atoms with Crippen LogP contribution in [0.1, 0.15) is 34.8 Å². The molecule has 2 amide bonds. The molecule has 23 heavy (non-hydrogen) atoms. The fourth-order valence-electron chi connectivity index (χ4n) is 1.94. The van der Waals surface area contributed by atoms with Crippen LogP contribution in [0.5, 0.6) is 0 Å². The summed E-state index contributed by atoms with van der Waals surface area (Å²) in [4.78, 5) is 16.1. The molecule has 1 aromatic carbocycles. The van der Waals surface area contributed by atoms with E-state index in [1.165, 1.54) is 23.5 Å². The number of urea groups is 1. The third kappa shape index (κ3) is 4.95. The Labute approximate surface area is 135 Å². The second-order valence-electron chi connectivity index (χ2n) is 5.04. The molecular formula is C15H16F3N3OS. The Morgan fingerprint density at radius 1 is 1.39 bits per heavy atom. The normalized spacial score (nSPS) is 12.7. The van der Waals surface area contributed by atoms with Crippen LogP contribution in [0.4, 0.5) is 18.0 Å². The van der Waals surface area contributed by atoms with E-state index < -0.39 is 17.8 Å². The molecule has 4 nitrogen and oxygen atoms in total. The van der Waals surface area contributed by atoms with E-state index in [1.54, 1.807) is 6.92 Å². The zero-order valence-corrected chi connectivity index (χ0v) is 13.4. The van der Waals surface area contributed by atoms with E-state index in [2.05, 4.69) is 15.6 Å². The van der Waals surface area contributed by atoms with Crippen LogP contribution in [0.2, 0.25) is 0 Å². The van der Waals surface area contributed by atoms with Gasteiger partial charge in [0.25, 0.3) is 0 Å². The second kappa shape index (κ2) is 6.99. The van der Waals surface area contributed by atoms with Gasteiger partial charge in [-0.15, -0.1) is 11.3 Å². The first-order valence-electron chi connectivity index (χ1n) is 6.88. The van der Waals surface area contributed by atoms with Crippen LogP contribution in [-0.4, -0.2) is 11.0 Å². The van der Waals surface area contributed by atoms with Crippen molar-refractivity contribution in [2.75, 3.05) is 0 Å². The molecule has 2 rings (SSSR count). The van der Waals surface area contributed by atoms with Gasteiger partial charge in [-0.1, -0.05) is 12.1 Å². The number of amides is 2. The maximum atomic E-state index is 12.6. The van der Waals surface area contributed by atoms with Gasteiger partial charge in [0.15, 0.2) is 0 Å². The van der Waals surface area contributed by atoms with E-state index in [9.17, 15) is 18.0 Å². The van der Waals surface area contributed by atoms with Gasteiger partial charge in [0, 0.05) is 11.9 Å². The predicted octanol–water partition coefficient (Wildman–Crippen LogP) is 4.03. The van der Waals surface area contributed by atoms with Gasteiger partial charge in [-0.2, -0.15) is 13.2 Å². The second-order valence-corrected chi connectivity index (χ2v) is 6.10. The molecule has 0 radical (unpaired) electrons. The number of hydrogen-bond donors (Lipinski definition) is 2. The van der Waals surface area contributed by atoms with Crippen LogP contribution >= 0.6 is 11.3 Å². The number of aromatic nitrogens is 1. The highest BCUT2D eigenvalue weighted by atomic mass is 32.1. The van der Waals surface area contributed by atoms with E-state index in [0.29, 0.717) is 5.56 Å². The Hall–Kier alpha value is -2.09. The molecule has 2 N–H and O–H groups in total. The van der Waals surface area contributed by atoms with Crippen molar-refractivity contribution in [1.29, 1.82) is 0 Å². The monoisotopic (exact) mass is 343 g/mol. The maximum Gasteiger partial charge on any atom is 0.416 e. The van der Waals surface area contributed by atoms with Crippen molar-refractivity contribution in [2.24, 2.45) is 0 Å². The summed E-state index contributed by atoms with van der Waals surface area (Å²) in [5.41, 5.74) is 0.400. The van der Waals surface area contributed by atoms with Crippen LogP contribution in [-0.2, 0) is 12.7 Å². The van der Waals surface area contributed by atoms with Crippen molar-refractivity contribution in [3.63, 3.8) is 0 Å². The van der Waals surface area contributed by atoms with Gasteiger partial charge in [-0.25, -0.2) is 9.78 Å². The fourth-order valence-corrected chi connectivity index (χ4v) is 2.65. The third-order valence-electron chi connectivity index (χ3n) is 3.14. The zero-order chi connectivity index (χ0) is 17.0. The smallest absolute Gasteiger partial charge is 0.334 e. The number of thiazole rings is 1. The summed E-state index contributed by atoms with van der Waals surface area (Å²) < 4.78 is 37.9. The van der Waals surface area contributed by atoms with Gasteiger partial charge in [0.2, 0.25) is 0 Å². The zero-order valence-electron chi connectivity index (χ0n) is 12.6. The van der Waals surface area contributed by atoms with Crippen LogP contribution in [0.25, 0.3) is 0 Å². The van der Waals surface area contributed by atoms with Crippen molar-refractivity contribution in [3.05, 3.63) is 51.5 Å². The summed E-state index contributed by atoms with van der Waals surface area (Å²) in [6.07, 6.45) is -4.39. The van der Waals surface area contributed by atoms with E-state index >= 15 is 0 Å². The number of halogens is 3. The van der Waals surface area contributed by atoms with Gasteiger partial charge in [0.1, 0.15) is 0 Å². The topological polar surface area (TPSA) is 54.0 Å².